The summed E-state index contributed by atoms with van der Waals surface area (Å²) in [6.45, 7) is 7.54. The van der Waals surface area contributed by atoms with E-state index in [4.69, 9.17) is 20.2 Å². The van der Waals surface area contributed by atoms with Crippen molar-refractivity contribution < 1.29 is 13.9 Å². The van der Waals surface area contributed by atoms with Crippen molar-refractivity contribution in [1.82, 2.24) is 19.9 Å². The highest BCUT2D eigenvalue weighted by Crippen LogP contribution is 2.41. The highest BCUT2D eigenvalue weighted by Gasteiger charge is 2.28. The van der Waals surface area contributed by atoms with Gasteiger partial charge >= 0.3 is 0 Å². The number of hydrogen-bond donors (Lipinski definition) is 3. The van der Waals surface area contributed by atoms with E-state index < -0.39 is 5.82 Å². The smallest absolute Gasteiger partial charge is 0.237 e. The summed E-state index contributed by atoms with van der Waals surface area (Å²) in [5.41, 5.74) is 12.6. The van der Waals surface area contributed by atoms with Crippen molar-refractivity contribution in [1.29, 1.82) is 0 Å². The molecular formula is C29H32FN7O2. The number of likely N-dealkylation sites (N-methyl/N-ethyl adjacent to an activating group) is 1. The first-order chi connectivity index (χ1) is 18.8. The second kappa shape index (κ2) is 9.53. The Morgan fingerprint density at radius 1 is 1.18 bits per heavy atom. The summed E-state index contributed by atoms with van der Waals surface area (Å²) in [4.78, 5) is 15.9. The molecule has 2 aromatic carbocycles. The van der Waals surface area contributed by atoms with Crippen molar-refractivity contribution in [2.75, 3.05) is 43.7 Å². The molecule has 39 heavy (non-hydrogen) atoms. The van der Waals surface area contributed by atoms with Crippen LogP contribution in [0.15, 0.2) is 30.6 Å². The van der Waals surface area contributed by atoms with E-state index in [9.17, 15) is 0 Å². The molecule has 6 rings (SSSR count). The SMILES string of the molecule is COc1cc2c(cc1Nc1ncc3c(N)c(F)c(-c4cnc5c(c4C)NCCO5)cc3n1)C(C)N(C)C(C)C2. The highest BCUT2D eigenvalue weighted by molar-refractivity contribution is 5.96. The van der Waals surface area contributed by atoms with Gasteiger partial charge in [-0.25, -0.2) is 19.3 Å². The number of nitrogens with two attached hydrogens (primary N) is 1. The molecule has 0 amide bonds. The fourth-order valence-electron chi connectivity index (χ4n) is 5.58. The fourth-order valence-corrected chi connectivity index (χ4v) is 5.58. The Balaban J connectivity index is 1.41. The maximum Gasteiger partial charge on any atom is 0.237 e. The summed E-state index contributed by atoms with van der Waals surface area (Å²) in [6, 6.07) is 6.59. The van der Waals surface area contributed by atoms with Gasteiger partial charge in [0.25, 0.3) is 0 Å². The van der Waals surface area contributed by atoms with Gasteiger partial charge in [-0.15, -0.1) is 0 Å². The van der Waals surface area contributed by atoms with E-state index in [1.807, 2.05) is 6.92 Å². The summed E-state index contributed by atoms with van der Waals surface area (Å²) in [5, 5.41) is 7.05. The molecule has 2 aliphatic rings. The molecule has 2 aliphatic heterocycles. The van der Waals surface area contributed by atoms with Crippen molar-refractivity contribution in [2.45, 2.75) is 39.3 Å². The van der Waals surface area contributed by atoms with Gasteiger partial charge < -0.3 is 25.8 Å². The number of methoxy groups -OCH3 is 1. The van der Waals surface area contributed by atoms with E-state index in [1.165, 1.54) is 11.1 Å². The van der Waals surface area contributed by atoms with Gasteiger partial charge in [0.15, 0.2) is 5.82 Å². The number of aromatic nitrogens is 3. The number of halogens is 1. The maximum absolute atomic E-state index is 15.5. The van der Waals surface area contributed by atoms with Crippen LogP contribution in [0.2, 0.25) is 0 Å². The minimum Gasteiger partial charge on any atom is -0.495 e. The number of rotatable bonds is 4. The van der Waals surface area contributed by atoms with Crippen LogP contribution in [0.1, 0.15) is 36.6 Å². The van der Waals surface area contributed by atoms with Gasteiger partial charge in [-0.05, 0) is 69.1 Å². The third kappa shape index (κ3) is 4.15. The lowest BCUT2D eigenvalue weighted by molar-refractivity contribution is 0.179. The number of pyridine rings is 1. The Hall–Kier alpha value is -4.18. The van der Waals surface area contributed by atoms with Crippen LogP contribution in [-0.2, 0) is 6.42 Å². The van der Waals surface area contributed by atoms with Crippen molar-refractivity contribution >= 4 is 33.9 Å². The summed E-state index contributed by atoms with van der Waals surface area (Å²) >= 11 is 0. The Labute approximate surface area is 226 Å². The van der Waals surface area contributed by atoms with Crippen LogP contribution in [0.25, 0.3) is 22.0 Å². The third-order valence-corrected chi connectivity index (χ3v) is 8.08. The molecule has 0 radical (unpaired) electrons. The monoisotopic (exact) mass is 529 g/mol. The average molecular weight is 530 g/mol. The zero-order valence-electron chi connectivity index (χ0n) is 22.7. The second-order valence-corrected chi connectivity index (χ2v) is 10.3. The Kier molecular flexibility index (Phi) is 6.14. The van der Waals surface area contributed by atoms with Crippen LogP contribution < -0.4 is 25.8 Å². The molecule has 0 saturated carbocycles. The minimum atomic E-state index is -0.530. The van der Waals surface area contributed by atoms with Crippen molar-refractivity contribution in [3.05, 3.63) is 53.1 Å². The van der Waals surface area contributed by atoms with E-state index in [-0.39, 0.29) is 11.7 Å². The Bertz CT molecular complexity index is 1610. The molecule has 10 heteroatoms. The first kappa shape index (κ1) is 25.1. The van der Waals surface area contributed by atoms with Crippen LogP contribution >= 0.6 is 0 Å². The van der Waals surface area contributed by atoms with Gasteiger partial charge in [-0.3, -0.25) is 4.90 Å². The lowest BCUT2D eigenvalue weighted by atomic mass is 9.89. The predicted molar refractivity (Wildman–Crippen MR) is 151 cm³/mol. The molecule has 0 fully saturated rings. The van der Waals surface area contributed by atoms with Gasteiger partial charge in [0.1, 0.15) is 18.0 Å². The topological polar surface area (TPSA) is 110 Å². The minimum absolute atomic E-state index is 0.00674. The van der Waals surface area contributed by atoms with Gasteiger partial charge in [-0.2, -0.15) is 0 Å². The molecule has 0 spiro atoms. The zero-order chi connectivity index (χ0) is 27.4. The standard InChI is InChI=1S/C29H32FN7O2/c1-14-8-17-9-24(38-5)23(10-18(17)16(3)37(14)4)36-29-34-13-21-22(35-29)11-19(25(30)26(21)31)20-12-33-28-27(15(20)2)32-6-7-39-28/h9-14,16,32H,6-8,31H2,1-5H3,(H,34,35,36). The molecule has 4 N–H and O–H groups in total. The van der Waals surface area contributed by atoms with E-state index in [1.54, 1.807) is 25.6 Å². The molecule has 202 valence electrons. The van der Waals surface area contributed by atoms with Gasteiger partial charge in [0.2, 0.25) is 11.8 Å². The summed E-state index contributed by atoms with van der Waals surface area (Å²) in [5.74, 6) is 1.06. The molecule has 0 aliphatic carbocycles. The number of hydrogen-bond acceptors (Lipinski definition) is 9. The summed E-state index contributed by atoms with van der Waals surface area (Å²) < 4.78 is 26.9. The number of nitrogen functional groups attached to an aromatic ring is 1. The van der Waals surface area contributed by atoms with E-state index in [0.717, 1.165) is 23.4 Å². The number of nitrogens with one attached hydrogen (secondary N) is 2. The number of ether oxygens (including phenoxy) is 2. The van der Waals surface area contributed by atoms with Gasteiger partial charge in [0.05, 0.1) is 24.0 Å². The molecule has 2 unspecified atom stereocenters. The molecule has 9 nitrogen and oxygen atoms in total. The van der Waals surface area contributed by atoms with Crippen molar-refractivity contribution in [3.8, 4) is 22.8 Å². The van der Waals surface area contributed by atoms with Crippen LogP contribution in [0.5, 0.6) is 11.6 Å². The lowest BCUT2D eigenvalue weighted by Gasteiger charge is -2.38. The Morgan fingerprint density at radius 2 is 2.00 bits per heavy atom. The number of fused-ring (bicyclic) bond motifs is 3. The molecular weight excluding hydrogens is 497 g/mol. The number of nitrogens with zero attached hydrogens (tertiary/aromatic N) is 4. The lowest BCUT2D eigenvalue weighted by Crippen LogP contribution is -2.37. The molecule has 0 saturated heterocycles. The quantitative estimate of drug-likeness (QED) is 0.307. The van der Waals surface area contributed by atoms with Crippen molar-refractivity contribution in [2.24, 2.45) is 0 Å². The molecule has 2 aromatic heterocycles. The molecule has 0 bridgehead atoms. The van der Waals surface area contributed by atoms with Crippen LogP contribution in [-0.4, -0.2) is 53.2 Å². The van der Waals surface area contributed by atoms with Gasteiger partial charge in [0, 0.05) is 47.5 Å². The molecule has 4 aromatic rings. The normalized spacial score (nSPS) is 18.6. The van der Waals surface area contributed by atoms with Crippen LogP contribution in [0.4, 0.5) is 27.4 Å². The second-order valence-electron chi connectivity index (χ2n) is 10.3. The number of benzene rings is 2. The summed E-state index contributed by atoms with van der Waals surface area (Å²) in [6.07, 6.45) is 4.11. The van der Waals surface area contributed by atoms with Crippen LogP contribution in [0.3, 0.4) is 0 Å². The fraction of sp³-hybridized carbons (Fsp3) is 0.345. The van der Waals surface area contributed by atoms with Crippen molar-refractivity contribution in [3.63, 3.8) is 0 Å². The highest BCUT2D eigenvalue weighted by atomic mass is 19.1. The Morgan fingerprint density at radius 3 is 2.79 bits per heavy atom. The summed E-state index contributed by atoms with van der Waals surface area (Å²) in [7, 11) is 3.80. The largest absolute Gasteiger partial charge is 0.495 e. The van der Waals surface area contributed by atoms with E-state index in [2.05, 4.69) is 58.5 Å². The maximum atomic E-state index is 15.5. The van der Waals surface area contributed by atoms with E-state index >= 15 is 4.39 Å². The first-order valence-electron chi connectivity index (χ1n) is 13.1. The van der Waals surface area contributed by atoms with Gasteiger partial charge in [-0.1, -0.05) is 0 Å². The average Bonchev–Trinajstić information content (AvgIpc) is 2.94. The zero-order valence-corrected chi connectivity index (χ0v) is 22.7. The number of anilines is 4. The molecule has 4 heterocycles. The first-order valence-corrected chi connectivity index (χ1v) is 13.1. The predicted octanol–water partition coefficient (Wildman–Crippen LogP) is 5.22. The van der Waals surface area contributed by atoms with E-state index in [0.29, 0.717) is 58.8 Å². The third-order valence-electron chi connectivity index (χ3n) is 8.08. The molecule has 2 atom stereocenters. The van der Waals surface area contributed by atoms with Crippen LogP contribution in [0, 0.1) is 12.7 Å².